The lowest BCUT2D eigenvalue weighted by atomic mass is 9.64. The van der Waals surface area contributed by atoms with E-state index in [0.717, 1.165) is 36.8 Å². The van der Waals surface area contributed by atoms with Crippen LogP contribution in [0, 0.1) is 5.41 Å². The molecule has 1 aliphatic heterocycles. The minimum atomic E-state index is 0.199. The van der Waals surface area contributed by atoms with Crippen LogP contribution in [-0.4, -0.2) is 31.4 Å². The molecule has 1 aromatic rings. The fourth-order valence-corrected chi connectivity index (χ4v) is 3.59. The second-order valence-corrected chi connectivity index (χ2v) is 7.09. The third kappa shape index (κ3) is 2.92. The number of hydrogen-bond acceptors (Lipinski definition) is 3. The van der Waals surface area contributed by atoms with Gasteiger partial charge in [-0.1, -0.05) is 25.4 Å². The highest BCUT2D eigenvalue weighted by atomic mass is 35.5. The molecule has 4 heteroatoms. The molecule has 0 amide bonds. The molecule has 0 saturated heterocycles. The molecule has 2 aliphatic rings. The van der Waals surface area contributed by atoms with Crippen molar-refractivity contribution in [3.63, 3.8) is 0 Å². The highest BCUT2D eigenvalue weighted by Gasteiger charge is 2.48. The molecule has 21 heavy (non-hydrogen) atoms. The van der Waals surface area contributed by atoms with E-state index >= 15 is 0 Å². The summed E-state index contributed by atoms with van der Waals surface area (Å²) in [7, 11) is 0. The van der Waals surface area contributed by atoms with Crippen molar-refractivity contribution in [3.8, 4) is 5.75 Å². The molecule has 1 aliphatic carbocycles. The van der Waals surface area contributed by atoms with Crippen LogP contribution >= 0.6 is 11.6 Å². The monoisotopic (exact) mass is 309 g/mol. The van der Waals surface area contributed by atoms with E-state index in [0.29, 0.717) is 12.1 Å². The van der Waals surface area contributed by atoms with Gasteiger partial charge in [0.1, 0.15) is 11.9 Å². The Balaban J connectivity index is 1.50. The predicted molar refractivity (Wildman–Crippen MR) is 85.2 cm³/mol. The fraction of sp³-hybridized carbons (Fsp3) is 0.647. The van der Waals surface area contributed by atoms with Crippen molar-refractivity contribution < 1.29 is 9.47 Å². The largest absolute Gasteiger partial charge is 0.488 e. The second-order valence-electron chi connectivity index (χ2n) is 6.66. The third-order valence-corrected chi connectivity index (χ3v) is 5.14. The second kappa shape index (κ2) is 5.79. The number of ether oxygens (including phenoxy) is 2. The van der Waals surface area contributed by atoms with E-state index in [1.165, 1.54) is 5.56 Å². The van der Waals surface area contributed by atoms with Crippen molar-refractivity contribution in [2.24, 2.45) is 5.41 Å². The van der Waals surface area contributed by atoms with Crippen LogP contribution in [0.15, 0.2) is 18.2 Å². The summed E-state index contributed by atoms with van der Waals surface area (Å²) in [5.41, 5.74) is 1.42. The zero-order valence-electron chi connectivity index (χ0n) is 13.0. The lowest BCUT2D eigenvalue weighted by molar-refractivity contribution is -0.115. The Bertz CT molecular complexity index is 518. The van der Waals surface area contributed by atoms with E-state index in [1.807, 2.05) is 18.2 Å². The molecule has 3 atom stereocenters. The number of hydrogen-bond donors (Lipinski definition) is 1. The van der Waals surface area contributed by atoms with Gasteiger partial charge in [0, 0.05) is 36.1 Å². The van der Waals surface area contributed by atoms with Crippen molar-refractivity contribution in [2.75, 3.05) is 13.2 Å². The van der Waals surface area contributed by atoms with Crippen molar-refractivity contribution in [3.05, 3.63) is 28.8 Å². The van der Waals surface area contributed by atoms with Crippen LogP contribution in [-0.2, 0) is 11.2 Å². The highest BCUT2D eigenvalue weighted by Crippen LogP contribution is 2.42. The van der Waals surface area contributed by atoms with E-state index in [9.17, 15) is 0 Å². The van der Waals surface area contributed by atoms with Crippen LogP contribution in [0.3, 0.4) is 0 Å². The molecule has 1 heterocycles. The number of fused-ring (bicyclic) bond motifs is 1. The van der Waals surface area contributed by atoms with E-state index in [-0.39, 0.29) is 11.5 Å². The number of rotatable bonds is 5. The van der Waals surface area contributed by atoms with Gasteiger partial charge in [0.15, 0.2) is 0 Å². The lowest BCUT2D eigenvalue weighted by Gasteiger charge is -2.52. The van der Waals surface area contributed by atoms with Gasteiger partial charge in [-0.05, 0) is 37.1 Å². The molecule has 1 aromatic carbocycles. The van der Waals surface area contributed by atoms with Gasteiger partial charge in [-0.3, -0.25) is 0 Å². The van der Waals surface area contributed by atoms with Crippen LogP contribution in [0.4, 0.5) is 0 Å². The van der Waals surface area contributed by atoms with Gasteiger partial charge in [0.25, 0.3) is 0 Å². The average molecular weight is 310 g/mol. The molecular formula is C17H24ClNO2. The summed E-state index contributed by atoms with van der Waals surface area (Å²) in [5, 5.41) is 4.43. The molecule has 1 N–H and O–H groups in total. The first-order valence-electron chi connectivity index (χ1n) is 7.80. The van der Waals surface area contributed by atoms with Crippen molar-refractivity contribution in [1.29, 1.82) is 0 Å². The van der Waals surface area contributed by atoms with Gasteiger partial charge in [-0.15, -0.1) is 0 Å². The SMILES string of the molecule is CCOC1CC(NCC2Cc3cc(Cl)ccc3O2)C1(C)C. The molecule has 3 unspecified atom stereocenters. The summed E-state index contributed by atoms with van der Waals surface area (Å²) in [6, 6.07) is 6.37. The van der Waals surface area contributed by atoms with E-state index < -0.39 is 0 Å². The predicted octanol–water partition coefficient (Wildman–Crippen LogP) is 3.44. The maximum atomic E-state index is 6.03. The van der Waals surface area contributed by atoms with Gasteiger partial charge < -0.3 is 14.8 Å². The molecule has 0 spiro atoms. The van der Waals surface area contributed by atoms with Crippen LogP contribution < -0.4 is 10.1 Å². The first-order chi connectivity index (χ1) is 10.0. The van der Waals surface area contributed by atoms with Crippen LogP contribution in [0.1, 0.15) is 32.8 Å². The van der Waals surface area contributed by atoms with Crippen molar-refractivity contribution >= 4 is 11.6 Å². The molecule has 0 bridgehead atoms. The minimum Gasteiger partial charge on any atom is -0.488 e. The molecule has 1 fully saturated rings. The molecule has 3 nitrogen and oxygen atoms in total. The maximum absolute atomic E-state index is 6.03. The summed E-state index contributed by atoms with van der Waals surface area (Å²) >= 11 is 6.03. The van der Waals surface area contributed by atoms with E-state index in [2.05, 4.69) is 26.1 Å². The summed E-state index contributed by atoms with van der Waals surface area (Å²) in [4.78, 5) is 0. The smallest absolute Gasteiger partial charge is 0.123 e. The van der Waals surface area contributed by atoms with Gasteiger partial charge >= 0.3 is 0 Å². The molecule has 0 radical (unpaired) electrons. The Morgan fingerprint density at radius 2 is 2.24 bits per heavy atom. The molecule has 116 valence electrons. The quantitative estimate of drug-likeness (QED) is 0.904. The Morgan fingerprint density at radius 1 is 1.43 bits per heavy atom. The summed E-state index contributed by atoms with van der Waals surface area (Å²) < 4.78 is 11.7. The summed E-state index contributed by atoms with van der Waals surface area (Å²) in [6.45, 7) is 8.28. The van der Waals surface area contributed by atoms with Gasteiger partial charge in [0.2, 0.25) is 0 Å². The Hall–Kier alpha value is -0.770. The molecule has 3 rings (SSSR count). The number of halogens is 1. The molecular weight excluding hydrogens is 286 g/mol. The Morgan fingerprint density at radius 3 is 2.95 bits per heavy atom. The van der Waals surface area contributed by atoms with Gasteiger partial charge in [0.05, 0.1) is 6.10 Å². The Labute approximate surface area is 132 Å². The van der Waals surface area contributed by atoms with Crippen molar-refractivity contribution in [1.82, 2.24) is 5.32 Å². The average Bonchev–Trinajstić information content (AvgIpc) is 2.83. The maximum Gasteiger partial charge on any atom is 0.123 e. The van der Waals surface area contributed by atoms with Crippen LogP contribution in [0.25, 0.3) is 0 Å². The minimum absolute atomic E-state index is 0.199. The first-order valence-corrected chi connectivity index (χ1v) is 8.18. The van der Waals surface area contributed by atoms with Crippen LogP contribution in [0.2, 0.25) is 5.02 Å². The fourth-order valence-electron chi connectivity index (χ4n) is 3.39. The van der Waals surface area contributed by atoms with E-state index in [4.69, 9.17) is 21.1 Å². The Kier molecular flexibility index (Phi) is 4.17. The third-order valence-electron chi connectivity index (χ3n) is 4.90. The van der Waals surface area contributed by atoms with Crippen molar-refractivity contribution in [2.45, 2.75) is 51.9 Å². The summed E-state index contributed by atoms with van der Waals surface area (Å²) in [6.07, 6.45) is 2.61. The van der Waals surface area contributed by atoms with Gasteiger partial charge in [-0.25, -0.2) is 0 Å². The van der Waals surface area contributed by atoms with Gasteiger partial charge in [-0.2, -0.15) is 0 Å². The normalized spacial score (nSPS) is 29.6. The number of nitrogens with one attached hydrogen (secondary N) is 1. The molecule has 1 saturated carbocycles. The van der Waals surface area contributed by atoms with E-state index in [1.54, 1.807) is 0 Å². The summed E-state index contributed by atoms with van der Waals surface area (Å²) in [5.74, 6) is 0.978. The molecule has 0 aromatic heterocycles. The number of benzene rings is 1. The zero-order chi connectivity index (χ0) is 15.0. The first kappa shape index (κ1) is 15.1. The standard InChI is InChI=1S/C17H24ClNO2/c1-4-20-16-9-15(17(16,2)3)19-10-13-8-11-7-12(18)5-6-14(11)21-13/h5-7,13,15-16,19H,4,8-10H2,1-3H3. The van der Waals surface area contributed by atoms with Crippen LogP contribution in [0.5, 0.6) is 5.75 Å². The zero-order valence-corrected chi connectivity index (χ0v) is 13.7. The lowest BCUT2D eigenvalue weighted by Crippen LogP contribution is -2.61. The topological polar surface area (TPSA) is 30.5 Å². The highest BCUT2D eigenvalue weighted by molar-refractivity contribution is 6.30.